The number of hydrogen-bond donors (Lipinski definition) is 0. The molecule has 1 aliphatic rings. The van der Waals surface area contributed by atoms with Crippen LogP contribution in [0, 0.1) is 0 Å². The van der Waals surface area contributed by atoms with Gasteiger partial charge in [-0.15, -0.1) is 10.2 Å². The van der Waals surface area contributed by atoms with Gasteiger partial charge in [0.05, 0.1) is 0 Å². The van der Waals surface area contributed by atoms with Crippen molar-refractivity contribution >= 4 is 63.2 Å². The molecule has 0 aromatic carbocycles. The zero-order valence-corrected chi connectivity index (χ0v) is 7.99. The minimum atomic E-state index is -0.482. The van der Waals surface area contributed by atoms with E-state index in [0.717, 1.165) is 12.2 Å². The van der Waals surface area contributed by atoms with E-state index in [1.807, 2.05) is 0 Å². The smallest absolute Gasteiger partial charge is 0.266 e. The molecule has 0 N–H and O–H groups in total. The van der Waals surface area contributed by atoms with Crippen molar-refractivity contribution in [2.75, 3.05) is 0 Å². The molecule has 0 aromatic heterocycles. The normalized spacial score (nSPS) is 15.6. The monoisotopic (exact) mass is 149 g/mol. The molecule has 0 spiro atoms. The van der Waals surface area contributed by atoms with Gasteiger partial charge in [-0.1, -0.05) is 0 Å². The molecular formula is C4H2KN2O2. The minimum absolute atomic E-state index is 0. The molecule has 1 aliphatic heterocycles. The van der Waals surface area contributed by atoms with Crippen molar-refractivity contribution in [1.29, 1.82) is 0 Å². The Morgan fingerprint density at radius 2 is 1.33 bits per heavy atom. The molecule has 0 atom stereocenters. The van der Waals surface area contributed by atoms with E-state index in [1.54, 1.807) is 0 Å². The molecular weight excluding hydrogens is 147 g/mol. The summed E-state index contributed by atoms with van der Waals surface area (Å²) < 4.78 is 0. The maximum absolute atomic E-state index is 10.1. The summed E-state index contributed by atoms with van der Waals surface area (Å²) in [5.74, 6) is -0.964. The zero-order chi connectivity index (χ0) is 5.98. The number of carbonyl (C=O) groups is 2. The van der Waals surface area contributed by atoms with Crippen molar-refractivity contribution in [3.63, 3.8) is 0 Å². The van der Waals surface area contributed by atoms with E-state index in [2.05, 4.69) is 10.2 Å². The van der Waals surface area contributed by atoms with Gasteiger partial charge in [0, 0.05) is 63.5 Å². The van der Waals surface area contributed by atoms with Gasteiger partial charge in [-0.25, -0.2) is 0 Å². The van der Waals surface area contributed by atoms with Crippen molar-refractivity contribution in [2.45, 2.75) is 0 Å². The third-order valence-corrected chi connectivity index (χ3v) is 0.616. The number of carbonyl (C=O) groups excluding carboxylic acids is 2. The largest absolute Gasteiger partial charge is 0.288 e. The van der Waals surface area contributed by atoms with E-state index < -0.39 is 11.8 Å². The predicted octanol–water partition coefficient (Wildman–Crippen LogP) is -0.319. The summed E-state index contributed by atoms with van der Waals surface area (Å²) in [6, 6.07) is 0. The number of hydrogen-bond acceptors (Lipinski definition) is 2. The van der Waals surface area contributed by atoms with Crippen molar-refractivity contribution in [2.24, 2.45) is 10.2 Å². The van der Waals surface area contributed by atoms with Crippen LogP contribution in [0.5, 0.6) is 0 Å². The molecule has 1 radical (unpaired) electrons. The average molecular weight is 149 g/mol. The minimum Gasteiger partial charge on any atom is -0.266 e. The molecule has 1 heterocycles. The van der Waals surface area contributed by atoms with Crippen molar-refractivity contribution in [3.8, 4) is 0 Å². The number of rotatable bonds is 0. The topological polar surface area (TPSA) is 58.9 Å². The summed E-state index contributed by atoms with van der Waals surface area (Å²) in [5.41, 5.74) is 0. The van der Waals surface area contributed by atoms with E-state index in [-0.39, 0.29) is 51.4 Å². The van der Waals surface area contributed by atoms with Crippen LogP contribution in [-0.2, 0) is 9.59 Å². The molecule has 0 fully saturated rings. The summed E-state index contributed by atoms with van der Waals surface area (Å²) in [6.07, 6.45) is 2.16. The average Bonchev–Trinajstić information content (AvgIpc) is 1.77. The molecule has 41 valence electrons. The molecule has 0 aliphatic carbocycles. The summed E-state index contributed by atoms with van der Waals surface area (Å²) in [4.78, 5) is 20.2. The molecule has 0 saturated carbocycles. The predicted molar refractivity (Wildman–Crippen MR) is 29.8 cm³/mol. The number of azo groups is 1. The Kier molecular flexibility index (Phi) is 4.33. The van der Waals surface area contributed by atoms with Gasteiger partial charge in [0.2, 0.25) is 0 Å². The maximum atomic E-state index is 10.1. The third kappa shape index (κ3) is 3.12. The SMILES string of the molecule is O=C1C=CC(=O)N=N1.[K]. The second-order valence-corrected chi connectivity index (χ2v) is 1.21. The molecule has 5 heteroatoms. The van der Waals surface area contributed by atoms with Crippen molar-refractivity contribution < 1.29 is 9.59 Å². The van der Waals surface area contributed by atoms with Gasteiger partial charge in [-0.2, -0.15) is 0 Å². The second kappa shape index (κ2) is 4.18. The van der Waals surface area contributed by atoms with Crippen LogP contribution in [-0.4, -0.2) is 63.2 Å². The van der Waals surface area contributed by atoms with Gasteiger partial charge in [0.15, 0.2) is 0 Å². The van der Waals surface area contributed by atoms with Crippen molar-refractivity contribution in [1.82, 2.24) is 0 Å². The summed E-state index contributed by atoms with van der Waals surface area (Å²) in [7, 11) is 0. The van der Waals surface area contributed by atoms with Gasteiger partial charge in [0.1, 0.15) is 0 Å². The van der Waals surface area contributed by atoms with Crippen LogP contribution >= 0.6 is 0 Å². The number of amides is 2. The van der Waals surface area contributed by atoms with Crippen LogP contribution in [0.4, 0.5) is 0 Å². The van der Waals surface area contributed by atoms with Crippen LogP contribution in [0.3, 0.4) is 0 Å². The molecule has 0 bridgehead atoms. The van der Waals surface area contributed by atoms with Gasteiger partial charge >= 0.3 is 0 Å². The Morgan fingerprint density at radius 3 is 1.56 bits per heavy atom. The van der Waals surface area contributed by atoms with Crippen LogP contribution in [0.1, 0.15) is 0 Å². The first-order valence-corrected chi connectivity index (χ1v) is 1.97. The molecule has 0 unspecified atom stereocenters. The fraction of sp³-hybridized carbons (Fsp3) is 0. The Labute approximate surface area is 93.8 Å². The zero-order valence-electron chi connectivity index (χ0n) is 4.87. The molecule has 1 rings (SSSR count). The van der Waals surface area contributed by atoms with Gasteiger partial charge in [-0.05, 0) is 0 Å². The van der Waals surface area contributed by atoms with E-state index in [4.69, 9.17) is 0 Å². The van der Waals surface area contributed by atoms with Crippen LogP contribution < -0.4 is 0 Å². The summed E-state index contributed by atoms with van der Waals surface area (Å²) >= 11 is 0. The Bertz CT molecular complexity index is 159. The van der Waals surface area contributed by atoms with E-state index >= 15 is 0 Å². The maximum Gasteiger partial charge on any atom is 0.288 e. The Balaban J connectivity index is 0.000000640. The fourth-order valence-electron chi connectivity index (χ4n) is 0.308. The molecule has 0 saturated heterocycles. The first-order valence-electron chi connectivity index (χ1n) is 1.97. The molecule has 9 heavy (non-hydrogen) atoms. The summed E-state index contributed by atoms with van der Waals surface area (Å²) in [5, 5.41) is 5.92. The van der Waals surface area contributed by atoms with Crippen LogP contribution in [0.2, 0.25) is 0 Å². The van der Waals surface area contributed by atoms with E-state index in [0.29, 0.717) is 0 Å². The molecule has 4 nitrogen and oxygen atoms in total. The van der Waals surface area contributed by atoms with Crippen molar-refractivity contribution in [3.05, 3.63) is 12.2 Å². The van der Waals surface area contributed by atoms with E-state index in [9.17, 15) is 9.59 Å². The van der Waals surface area contributed by atoms with Gasteiger partial charge < -0.3 is 0 Å². The Morgan fingerprint density at radius 1 is 1.00 bits per heavy atom. The standard InChI is InChI=1S/C4H2N2O2.K/c7-3-1-2-4(8)6-5-3;/h1-2H;. The third-order valence-electron chi connectivity index (χ3n) is 0.616. The van der Waals surface area contributed by atoms with Crippen LogP contribution in [0.15, 0.2) is 22.4 Å². The summed E-state index contributed by atoms with van der Waals surface area (Å²) in [6.45, 7) is 0. The van der Waals surface area contributed by atoms with Gasteiger partial charge in [-0.3, -0.25) is 9.59 Å². The Hall–Kier alpha value is 0.316. The molecule has 2 amide bonds. The second-order valence-electron chi connectivity index (χ2n) is 1.21. The number of nitrogens with zero attached hydrogens (tertiary/aromatic N) is 2. The first-order chi connectivity index (χ1) is 3.79. The molecule has 0 aromatic rings. The van der Waals surface area contributed by atoms with Crippen LogP contribution in [0.25, 0.3) is 0 Å². The van der Waals surface area contributed by atoms with E-state index in [1.165, 1.54) is 0 Å². The quantitative estimate of drug-likeness (QED) is 0.443. The van der Waals surface area contributed by atoms with Gasteiger partial charge in [0.25, 0.3) is 11.8 Å². The fourth-order valence-corrected chi connectivity index (χ4v) is 0.308. The first kappa shape index (κ1) is 9.32.